The lowest BCUT2D eigenvalue weighted by molar-refractivity contribution is 0.0256. The second-order valence-corrected chi connectivity index (χ2v) is 8.39. The zero-order valence-corrected chi connectivity index (χ0v) is 18.4. The quantitative estimate of drug-likeness (QED) is 0.598. The van der Waals surface area contributed by atoms with Gasteiger partial charge in [-0.25, -0.2) is 14.5 Å². The van der Waals surface area contributed by atoms with Gasteiger partial charge >= 0.3 is 0 Å². The van der Waals surface area contributed by atoms with E-state index in [1.54, 1.807) is 0 Å². The largest absolute Gasteiger partial charge is 0.490 e. The SMILES string of the molecule is Cc1ncc(C)n2nc(CN(C)c3cc(OC4CCOCC4)cc(N4CCC4)n3)nc12. The zero-order chi connectivity index (χ0) is 21.4. The molecule has 164 valence electrons. The van der Waals surface area contributed by atoms with Crippen LogP contribution >= 0.6 is 0 Å². The summed E-state index contributed by atoms with van der Waals surface area (Å²) in [5, 5.41) is 4.68. The van der Waals surface area contributed by atoms with E-state index in [1.165, 1.54) is 6.42 Å². The third-order valence-corrected chi connectivity index (χ3v) is 5.95. The molecule has 5 heterocycles. The Labute approximate surface area is 182 Å². The second-order valence-electron chi connectivity index (χ2n) is 8.39. The Morgan fingerprint density at radius 2 is 1.97 bits per heavy atom. The van der Waals surface area contributed by atoms with Crippen LogP contribution in [0.25, 0.3) is 5.65 Å². The van der Waals surface area contributed by atoms with Crippen LogP contribution in [0, 0.1) is 13.8 Å². The molecule has 3 aromatic heterocycles. The topological polar surface area (TPSA) is 80.9 Å². The number of fused-ring (bicyclic) bond motifs is 1. The number of pyridine rings is 1. The lowest BCUT2D eigenvalue weighted by Gasteiger charge is -2.33. The number of nitrogens with zero attached hydrogens (tertiary/aromatic N) is 7. The molecule has 0 saturated carbocycles. The van der Waals surface area contributed by atoms with Gasteiger partial charge in [-0.1, -0.05) is 0 Å². The maximum atomic E-state index is 6.32. The Hall–Kier alpha value is -2.94. The van der Waals surface area contributed by atoms with E-state index < -0.39 is 0 Å². The smallest absolute Gasteiger partial charge is 0.177 e. The van der Waals surface area contributed by atoms with Gasteiger partial charge in [-0.15, -0.1) is 5.10 Å². The summed E-state index contributed by atoms with van der Waals surface area (Å²) in [7, 11) is 2.02. The van der Waals surface area contributed by atoms with Crippen LogP contribution in [-0.4, -0.2) is 64.0 Å². The van der Waals surface area contributed by atoms with E-state index in [2.05, 4.69) is 25.9 Å². The number of hydrogen-bond acceptors (Lipinski definition) is 8. The van der Waals surface area contributed by atoms with Gasteiger partial charge in [0.05, 0.1) is 31.1 Å². The molecule has 0 amide bonds. The molecule has 9 heteroatoms. The van der Waals surface area contributed by atoms with Gasteiger partial charge in [0, 0.05) is 51.3 Å². The van der Waals surface area contributed by atoms with Gasteiger partial charge < -0.3 is 19.3 Å². The molecule has 0 atom stereocenters. The summed E-state index contributed by atoms with van der Waals surface area (Å²) in [6, 6.07) is 4.08. The van der Waals surface area contributed by atoms with Crippen molar-refractivity contribution in [1.82, 2.24) is 24.6 Å². The average molecular weight is 424 g/mol. The predicted molar refractivity (Wildman–Crippen MR) is 118 cm³/mol. The van der Waals surface area contributed by atoms with Crippen molar-refractivity contribution < 1.29 is 9.47 Å². The Kier molecular flexibility index (Phi) is 5.35. The number of aryl methyl sites for hydroxylation is 2. The normalized spacial score (nSPS) is 17.1. The van der Waals surface area contributed by atoms with Gasteiger partial charge in [0.15, 0.2) is 11.5 Å². The van der Waals surface area contributed by atoms with E-state index in [-0.39, 0.29) is 6.10 Å². The number of ether oxygens (including phenoxy) is 2. The van der Waals surface area contributed by atoms with E-state index in [4.69, 9.17) is 19.4 Å². The summed E-state index contributed by atoms with van der Waals surface area (Å²) in [6.07, 6.45) is 5.06. The second kappa shape index (κ2) is 8.30. The minimum Gasteiger partial charge on any atom is -0.490 e. The summed E-state index contributed by atoms with van der Waals surface area (Å²) in [5.74, 6) is 3.43. The first kappa shape index (κ1) is 20.0. The monoisotopic (exact) mass is 423 g/mol. The van der Waals surface area contributed by atoms with E-state index in [0.717, 1.165) is 79.4 Å². The maximum absolute atomic E-state index is 6.32. The standard InChI is InChI=1S/C22H29N7O2/c1-15-13-23-16(2)22-24-19(26-29(15)22)14-27(3)20-11-18(31-17-5-9-30-10-6-17)12-21(25-20)28-7-4-8-28/h11-13,17H,4-10,14H2,1-3H3. The van der Waals surface area contributed by atoms with Crippen molar-refractivity contribution in [3.8, 4) is 5.75 Å². The molecule has 0 N–H and O–H groups in total. The van der Waals surface area contributed by atoms with Crippen molar-refractivity contribution in [1.29, 1.82) is 0 Å². The summed E-state index contributed by atoms with van der Waals surface area (Å²) < 4.78 is 13.6. The number of rotatable bonds is 6. The fourth-order valence-corrected chi connectivity index (χ4v) is 3.93. The third kappa shape index (κ3) is 4.14. The predicted octanol–water partition coefficient (Wildman–Crippen LogP) is 2.54. The molecule has 0 aliphatic carbocycles. The Morgan fingerprint density at radius 1 is 1.16 bits per heavy atom. The number of hydrogen-bond donors (Lipinski definition) is 0. The molecule has 0 radical (unpaired) electrons. The molecule has 5 rings (SSSR count). The van der Waals surface area contributed by atoms with Gasteiger partial charge in [0.25, 0.3) is 0 Å². The van der Waals surface area contributed by atoms with E-state index in [0.29, 0.717) is 6.54 Å². The lowest BCUT2D eigenvalue weighted by Crippen LogP contribution is -2.38. The number of aromatic nitrogens is 5. The highest BCUT2D eigenvalue weighted by atomic mass is 16.5. The number of anilines is 2. The van der Waals surface area contributed by atoms with Crippen LogP contribution in [0.15, 0.2) is 18.3 Å². The fourth-order valence-electron chi connectivity index (χ4n) is 3.93. The van der Waals surface area contributed by atoms with Crippen LogP contribution in [0.2, 0.25) is 0 Å². The Morgan fingerprint density at radius 3 is 2.68 bits per heavy atom. The van der Waals surface area contributed by atoms with Crippen molar-refractivity contribution >= 4 is 17.3 Å². The van der Waals surface area contributed by atoms with Crippen molar-refractivity contribution in [3.05, 3.63) is 35.5 Å². The zero-order valence-electron chi connectivity index (χ0n) is 18.4. The van der Waals surface area contributed by atoms with Gasteiger partial charge in [0.1, 0.15) is 23.5 Å². The first-order valence-corrected chi connectivity index (χ1v) is 11.0. The van der Waals surface area contributed by atoms with Gasteiger partial charge in [-0.2, -0.15) is 0 Å². The van der Waals surface area contributed by atoms with Crippen molar-refractivity contribution in [2.75, 3.05) is 43.2 Å². The molecule has 2 saturated heterocycles. The molecule has 2 fully saturated rings. The average Bonchev–Trinajstić information content (AvgIpc) is 3.15. The van der Waals surface area contributed by atoms with Gasteiger partial charge in [-0.05, 0) is 20.3 Å². The van der Waals surface area contributed by atoms with Crippen LogP contribution in [-0.2, 0) is 11.3 Å². The molecule has 9 nitrogen and oxygen atoms in total. The summed E-state index contributed by atoms with van der Waals surface area (Å²) in [6.45, 7) is 8.08. The summed E-state index contributed by atoms with van der Waals surface area (Å²) >= 11 is 0. The van der Waals surface area contributed by atoms with Crippen molar-refractivity contribution in [2.24, 2.45) is 0 Å². The first-order chi connectivity index (χ1) is 15.1. The van der Waals surface area contributed by atoms with Gasteiger partial charge in [-0.3, -0.25) is 4.98 Å². The van der Waals surface area contributed by atoms with E-state index in [9.17, 15) is 0 Å². The molecule has 0 spiro atoms. The molecular formula is C22H29N7O2. The Balaban J connectivity index is 1.40. The lowest BCUT2D eigenvalue weighted by atomic mass is 10.1. The van der Waals surface area contributed by atoms with Crippen LogP contribution in [0.3, 0.4) is 0 Å². The third-order valence-electron chi connectivity index (χ3n) is 5.95. The molecule has 31 heavy (non-hydrogen) atoms. The van der Waals surface area contributed by atoms with E-state index in [1.807, 2.05) is 37.7 Å². The van der Waals surface area contributed by atoms with Gasteiger partial charge in [0.2, 0.25) is 0 Å². The van der Waals surface area contributed by atoms with Crippen LogP contribution in [0.1, 0.15) is 36.5 Å². The van der Waals surface area contributed by atoms with E-state index >= 15 is 0 Å². The van der Waals surface area contributed by atoms with Crippen molar-refractivity contribution in [3.63, 3.8) is 0 Å². The van der Waals surface area contributed by atoms with Crippen LogP contribution in [0.4, 0.5) is 11.6 Å². The Bertz CT molecular complexity index is 1030. The highest BCUT2D eigenvalue weighted by Gasteiger charge is 2.21. The molecule has 2 aliphatic heterocycles. The summed E-state index contributed by atoms with van der Waals surface area (Å²) in [4.78, 5) is 18.4. The highest BCUT2D eigenvalue weighted by molar-refractivity contribution is 5.55. The highest BCUT2D eigenvalue weighted by Crippen LogP contribution is 2.30. The molecular weight excluding hydrogens is 394 g/mol. The minimum atomic E-state index is 0.192. The van der Waals surface area contributed by atoms with Crippen LogP contribution < -0.4 is 14.5 Å². The molecule has 0 unspecified atom stereocenters. The summed E-state index contributed by atoms with van der Waals surface area (Å²) in [5.41, 5.74) is 2.64. The van der Waals surface area contributed by atoms with Crippen LogP contribution in [0.5, 0.6) is 5.75 Å². The minimum absolute atomic E-state index is 0.192. The molecule has 0 aromatic carbocycles. The molecule has 2 aliphatic rings. The maximum Gasteiger partial charge on any atom is 0.177 e. The molecule has 3 aromatic rings. The fraction of sp³-hybridized carbons (Fsp3) is 0.545. The van der Waals surface area contributed by atoms with Crippen molar-refractivity contribution in [2.45, 2.75) is 45.8 Å². The molecule has 0 bridgehead atoms. The first-order valence-electron chi connectivity index (χ1n) is 11.0.